The van der Waals surface area contributed by atoms with E-state index in [1.54, 1.807) is 48.5 Å². The normalized spacial score (nSPS) is 10.6. The van der Waals surface area contributed by atoms with E-state index in [-0.39, 0.29) is 17.2 Å². The zero-order valence-corrected chi connectivity index (χ0v) is 18.8. The molecule has 9 nitrogen and oxygen atoms in total. The van der Waals surface area contributed by atoms with Gasteiger partial charge >= 0.3 is 0 Å². The Morgan fingerprint density at radius 1 is 0.971 bits per heavy atom. The van der Waals surface area contributed by atoms with E-state index in [1.807, 2.05) is 6.07 Å². The number of anilines is 1. The number of carbonyl (C=O) groups is 2. The first-order valence-electron chi connectivity index (χ1n) is 10.1. The first-order valence-corrected chi connectivity index (χ1v) is 10.1. The minimum Gasteiger partial charge on any atom is -0.493 e. The van der Waals surface area contributed by atoms with E-state index < -0.39 is 5.91 Å². The van der Waals surface area contributed by atoms with Crippen molar-refractivity contribution >= 4 is 23.6 Å². The van der Waals surface area contributed by atoms with Crippen molar-refractivity contribution in [3.63, 3.8) is 0 Å². The quantitative estimate of drug-likeness (QED) is 0.389. The number of nitrogens with one attached hydrogen (secondary N) is 2. The number of aromatic nitrogens is 1. The van der Waals surface area contributed by atoms with Crippen molar-refractivity contribution in [3.8, 4) is 29.1 Å². The third-order valence-corrected chi connectivity index (χ3v) is 4.62. The maximum absolute atomic E-state index is 12.6. The van der Waals surface area contributed by atoms with Crippen LogP contribution in [0.5, 0.6) is 23.0 Å². The second-order valence-corrected chi connectivity index (χ2v) is 6.82. The van der Waals surface area contributed by atoms with E-state index in [9.17, 15) is 14.9 Å². The summed E-state index contributed by atoms with van der Waals surface area (Å²) < 4.78 is 16.2. The van der Waals surface area contributed by atoms with Gasteiger partial charge in [-0.25, -0.2) is 0 Å². The number of rotatable bonds is 8. The molecule has 0 fully saturated rings. The number of hydrogen-bond donors (Lipinski definition) is 2. The predicted molar refractivity (Wildman–Crippen MR) is 126 cm³/mol. The van der Waals surface area contributed by atoms with Crippen LogP contribution in [0.3, 0.4) is 0 Å². The van der Waals surface area contributed by atoms with Gasteiger partial charge in [0.15, 0.2) is 11.5 Å². The van der Waals surface area contributed by atoms with E-state index in [0.717, 1.165) is 0 Å². The summed E-state index contributed by atoms with van der Waals surface area (Å²) in [5, 5.41) is 14.6. The Morgan fingerprint density at radius 3 is 2.35 bits per heavy atom. The molecule has 34 heavy (non-hydrogen) atoms. The smallest absolute Gasteiger partial charge is 0.269 e. The number of nitriles is 1. The fraction of sp³-hybridized carbons (Fsp3) is 0.120. The van der Waals surface area contributed by atoms with E-state index in [2.05, 4.69) is 15.6 Å². The van der Waals surface area contributed by atoms with Crippen molar-refractivity contribution in [2.45, 2.75) is 0 Å². The van der Waals surface area contributed by atoms with Gasteiger partial charge in [0.2, 0.25) is 0 Å². The molecule has 0 aliphatic heterocycles. The van der Waals surface area contributed by atoms with Gasteiger partial charge in [-0.1, -0.05) is 6.07 Å². The molecule has 0 saturated heterocycles. The number of benzene rings is 2. The van der Waals surface area contributed by atoms with E-state index >= 15 is 0 Å². The van der Waals surface area contributed by atoms with Crippen LogP contribution in [0.1, 0.15) is 16.1 Å². The summed E-state index contributed by atoms with van der Waals surface area (Å²) in [4.78, 5) is 28.3. The average molecular weight is 458 g/mol. The molecule has 0 unspecified atom stereocenters. The van der Waals surface area contributed by atoms with Gasteiger partial charge in [0.25, 0.3) is 11.8 Å². The van der Waals surface area contributed by atoms with Gasteiger partial charge in [0.05, 0.1) is 14.2 Å². The average Bonchev–Trinajstić information content (AvgIpc) is 2.87. The summed E-state index contributed by atoms with van der Waals surface area (Å²) >= 11 is 0. The summed E-state index contributed by atoms with van der Waals surface area (Å²) in [7, 11) is 4.55. The maximum Gasteiger partial charge on any atom is 0.269 e. The molecule has 0 saturated carbocycles. The molecule has 0 radical (unpaired) electrons. The molecule has 172 valence electrons. The number of hydrogen-bond acceptors (Lipinski definition) is 7. The molecule has 0 bridgehead atoms. The predicted octanol–water partition coefficient (Wildman–Crippen LogP) is 3.80. The molecule has 2 amide bonds. The molecule has 0 aliphatic rings. The highest BCUT2D eigenvalue weighted by atomic mass is 16.5. The lowest BCUT2D eigenvalue weighted by atomic mass is 10.1. The highest BCUT2D eigenvalue weighted by Crippen LogP contribution is 2.28. The molecule has 3 rings (SSSR count). The molecule has 0 atom stereocenters. The monoisotopic (exact) mass is 458 g/mol. The lowest BCUT2D eigenvalue weighted by Gasteiger charge is -2.09. The van der Waals surface area contributed by atoms with E-state index in [4.69, 9.17) is 14.2 Å². The van der Waals surface area contributed by atoms with Gasteiger partial charge in [0.1, 0.15) is 28.8 Å². The van der Waals surface area contributed by atoms with E-state index in [1.165, 1.54) is 39.6 Å². The summed E-state index contributed by atoms with van der Waals surface area (Å²) in [6.45, 7) is 0. The number of pyridine rings is 1. The summed E-state index contributed by atoms with van der Waals surface area (Å²) in [5.41, 5.74) is 1.24. The van der Waals surface area contributed by atoms with Crippen LogP contribution in [0.4, 0.5) is 5.69 Å². The van der Waals surface area contributed by atoms with Crippen molar-refractivity contribution in [2.24, 2.45) is 0 Å². The first-order chi connectivity index (χ1) is 16.5. The van der Waals surface area contributed by atoms with Gasteiger partial charge < -0.3 is 24.8 Å². The highest BCUT2D eigenvalue weighted by Gasteiger charge is 2.12. The van der Waals surface area contributed by atoms with Crippen molar-refractivity contribution in [3.05, 3.63) is 77.6 Å². The minimum atomic E-state index is -0.560. The summed E-state index contributed by atoms with van der Waals surface area (Å²) in [6, 6.07) is 16.7. The number of ether oxygens (including phenoxy) is 3. The molecule has 0 spiro atoms. The van der Waals surface area contributed by atoms with Crippen LogP contribution in [0, 0.1) is 11.3 Å². The molecule has 3 aromatic rings. The Hall–Kier alpha value is -4.84. The topological polar surface area (TPSA) is 123 Å². The lowest BCUT2D eigenvalue weighted by molar-refractivity contribution is -0.112. The zero-order chi connectivity index (χ0) is 24.5. The molecular formula is C25H22N4O5. The van der Waals surface area contributed by atoms with E-state index in [0.29, 0.717) is 34.2 Å². The van der Waals surface area contributed by atoms with Gasteiger partial charge in [-0.3, -0.25) is 14.6 Å². The highest BCUT2D eigenvalue weighted by molar-refractivity contribution is 6.09. The lowest BCUT2D eigenvalue weighted by Crippen LogP contribution is -2.18. The molecule has 9 heteroatoms. The SMILES string of the molecule is CNC(=O)c1cc(Oc2ccc(NC(=O)/C(C#N)=C/c3ccc(OC)c(OC)c3)cc2)ccn1. The Balaban J connectivity index is 1.70. The summed E-state index contributed by atoms with van der Waals surface area (Å²) in [5.74, 6) is 1.08. The third kappa shape index (κ3) is 5.89. The number of amides is 2. The molecular weight excluding hydrogens is 436 g/mol. The van der Waals surface area contributed by atoms with Crippen LogP contribution in [0.2, 0.25) is 0 Å². The number of methoxy groups -OCH3 is 2. The molecule has 1 heterocycles. The Labute approximate surface area is 196 Å². The van der Waals surface area contributed by atoms with Gasteiger partial charge in [-0.05, 0) is 54.1 Å². The molecule has 2 N–H and O–H groups in total. The molecule has 0 aliphatic carbocycles. The maximum atomic E-state index is 12.6. The summed E-state index contributed by atoms with van der Waals surface area (Å²) in [6.07, 6.45) is 2.94. The van der Waals surface area contributed by atoms with Crippen molar-refractivity contribution in [1.82, 2.24) is 10.3 Å². The molecule has 1 aromatic heterocycles. The van der Waals surface area contributed by atoms with Crippen molar-refractivity contribution < 1.29 is 23.8 Å². The Kier molecular flexibility index (Phi) is 7.81. The number of carbonyl (C=O) groups excluding carboxylic acids is 2. The second kappa shape index (κ2) is 11.2. The fourth-order valence-corrected chi connectivity index (χ4v) is 2.93. The van der Waals surface area contributed by atoms with Crippen LogP contribution in [-0.4, -0.2) is 38.1 Å². The largest absolute Gasteiger partial charge is 0.493 e. The second-order valence-electron chi connectivity index (χ2n) is 6.82. The standard InChI is InChI=1S/C25H22N4O5/c1-27-25(31)21-14-20(10-11-28-21)34-19-7-5-18(6-8-19)29-24(30)17(15-26)12-16-4-9-22(32-2)23(13-16)33-3/h4-14H,1-3H3,(H,27,31)(H,29,30)/b17-12+. The van der Waals surface area contributed by atoms with Crippen molar-refractivity contribution in [2.75, 3.05) is 26.6 Å². The number of nitrogens with zero attached hydrogens (tertiary/aromatic N) is 2. The molecule has 2 aromatic carbocycles. The minimum absolute atomic E-state index is 0.0777. The van der Waals surface area contributed by atoms with Gasteiger partial charge in [-0.15, -0.1) is 0 Å². The van der Waals surface area contributed by atoms with Crippen LogP contribution in [-0.2, 0) is 4.79 Å². The first kappa shape index (κ1) is 23.8. The third-order valence-electron chi connectivity index (χ3n) is 4.62. The fourth-order valence-electron chi connectivity index (χ4n) is 2.93. The van der Waals surface area contributed by atoms with Gasteiger partial charge in [-0.2, -0.15) is 5.26 Å². The van der Waals surface area contributed by atoms with Crippen LogP contribution >= 0.6 is 0 Å². The van der Waals surface area contributed by atoms with Crippen molar-refractivity contribution in [1.29, 1.82) is 5.26 Å². The Bertz CT molecular complexity index is 1260. The Morgan fingerprint density at radius 2 is 1.71 bits per heavy atom. The van der Waals surface area contributed by atoms with Crippen LogP contribution in [0.25, 0.3) is 6.08 Å². The van der Waals surface area contributed by atoms with Crippen LogP contribution < -0.4 is 24.8 Å². The van der Waals surface area contributed by atoms with Gasteiger partial charge in [0, 0.05) is 25.0 Å². The zero-order valence-electron chi connectivity index (χ0n) is 18.8. The van der Waals surface area contributed by atoms with Crippen LogP contribution in [0.15, 0.2) is 66.4 Å².